The van der Waals surface area contributed by atoms with Crippen LogP contribution >= 0.6 is 12.6 Å². The number of rotatable bonds is 14. The maximum Gasteiger partial charge on any atom is 0.156 e. The van der Waals surface area contributed by atoms with E-state index in [0.717, 1.165) is 28.9 Å². The Labute approximate surface area is 186 Å². The molecule has 0 atom stereocenters. The molecule has 0 saturated carbocycles. The molecule has 7 heteroatoms. The Morgan fingerprint density at radius 2 is 1.80 bits per heavy atom. The molecular formula is C23H35N3O3S. The van der Waals surface area contributed by atoms with Gasteiger partial charge in [-0.2, -0.15) is 12.6 Å². The predicted octanol–water partition coefficient (Wildman–Crippen LogP) is 5.10. The first-order chi connectivity index (χ1) is 14.3. The Balaban J connectivity index is 5.22. The molecule has 0 fully saturated rings. The Morgan fingerprint density at radius 1 is 1.10 bits per heavy atom. The van der Waals surface area contributed by atoms with Gasteiger partial charge in [-0.05, 0) is 64.1 Å². The normalized spacial score (nSPS) is 14.8. The van der Waals surface area contributed by atoms with Gasteiger partial charge in [0.1, 0.15) is 23.9 Å². The average Bonchev–Trinajstić information content (AvgIpc) is 2.75. The average molecular weight is 434 g/mol. The summed E-state index contributed by atoms with van der Waals surface area (Å²) in [4.78, 5) is 7.92. The number of aliphatic imine (C=N–C) groups is 2. The Morgan fingerprint density at radius 3 is 2.33 bits per heavy atom. The van der Waals surface area contributed by atoms with Crippen LogP contribution in [0.15, 0.2) is 80.7 Å². The molecular weight excluding hydrogens is 398 g/mol. The summed E-state index contributed by atoms with van der Waals surface area (Å²) >= 11 is 4.08. The minimum Gasteiger partial charge on any atom is -0.497 e. The van der Waals surface area contributed by atoms with Gasteiger partial charge in [0.15, 0.2) is 5.76 Å². The molecule has 0 aromatic heterocycles. The van der Waals surface area contributed by atoms with Crippen LogP contribution in [0.1, 0.15) is 33.6 Å². The van der Waals surface area contributed by atoms with Gasteiger partial charge in [-0.1, -0.05) is 18.2 Å². The standard InChI is InChI=1S/C23H35N3O3S/c1-8-21(27-6)11-9-10-17(2)15-29-19(4)22(28-7)13-18(3)12-20(14-26-16-30)23(24)25-5/h8,10-11,13-14,30H,1,5,9,12,15-16,24H2,2-4,6-7H3/b17-10+,18-13+,21-11+,22-19-,23-20-,26-14-. The van der Waals surface area contributed by atoms with Crippen LogP contribution in [0.5, 0.6) is 0 Å². The third kappa shape index (κ3) is 11.4. The van der Waals surface area contributed by atoms with Crippen molar-refractivity contribution in [3.8, 4) is 0 Å². The molecule has 166 valence electrons. The molecule has 0 aromatic rings. The highest BCUT2D eigenvalue weighted by Crippen LogP contribution is 2.17. The fraction of sp³-hybridized carbons (Fsp3) is 0.391. The Hall–Kier alpha value is -2.67. The molecule has 0 rings (SSSR count). The predicted molar refractivity (Wildman–Crippen MR) is 131 cm³/mol. The largest absolute Gasteiger partial charge is 0.497 e. The molecule has 0 saturated heterocycles. The zero-order chi connectivity index (χ0) is 22.9. The number of nitrogens with zero attached hydrogens (tertiary/aromatic N) is 2. The molecule has 0 spiro atoms. The van der Waals surface area contributed by atoms with E-state index < -0.39 is 0 Å². The van der Waals surface area contributed by atoms with Gasteiger partial charge in [0.25, 0.3) is 0 Å². The molecule has 0 unspecified atom stereocenters. The van der Waals surface area contributed by atoms with Crippen LogP contribution in [0.3, 0.4) is 0 Å². The maximum absolute atomic E-state index is 5.90. The topological polar surface area (TPSA) is 78.4 Å². The fourth-order valence-electron chi connectivity index (χ4n) is 2.31. The van der Waals surface area contributed by atoms with E-state index in [1.54, 1.807) is 26.5 Å². The summed E-state index contributed by atoms with van der Waals surface area (Å²) in [6.45, 7) is 13.5. The van der Waals surface area contributed by atoms with E-state index >= 15 is 0 Å². The lowest BCUT2D eigenvalue weighted by Gasteiger charge is -2.12. The second-order valence-corrected chi connectivity index (χ2v) is 6.69. The summed E-state index contributed by atoms with van der Waals surface area (Å²) < 4.78 is 16.5. The summed E-state index contributed by atoms with van der Waals surface area (Å²) in [6, 6.07) is 0. The molecule has 0 aliphatic rings. The van der Waals surface area contributed by atoms with Crippen LogP contribution in [0.2, 0.25) is 0 Å². The van der Waals surface area contributed by atoms with Gasteiger partial charge in [-0.25, -0.2) is 4.99 Å². The summed E-state index contributed by atoms with van der Waals surface area (Å²) in [5.41, 5.74) is 8.78. The van der Waals surface area contributed by atoms with E-state index in [1.165, 1.54) is 0 Å². The highest BCUT2D eigenvalue weighted by atomic mass is 32.1. The molecule has 0 bridgehead atoms. The molecule has 6 nitrogen and oxygen atoms in total. The zero-order valence-corrected chi connectivity index (χ0v) is 19.7. The highest BCUT2D eigenvalue weighted by Gasteiger charge is 2.06. The fourth-order valence-corrected chi connectivity index (χ4v) is 2.39. The first-order valence-corrected chi connectivity index (χ1v) is 10.1. The van der Waals surface area contributed by atoms with E-state index in [4.69, 9.17) is 19.9 Å². The van der Waals surface area contributed by atoms with Crippen molar-refractivity contribution in [2.75, 3.05) is 26.7 Å². The van der Waals surface area contributed by atoms with Gasteiger partial charge >= 0.3 is 0 Å². The van der Waals surface area contributed by atoms with Crippen LogP contribution in [-0.4, -0.2) is 39.6 Å². The van der Waals surface area contributed by atoms with E-state index in [1.807, 2.05) is 32.9 Å². The Kier molecular flexibility index (Phi) is 14.7. The molecule has 0 amide bonds. The lowest BCUT2D eigenvalue weighted by Crippen LogP contribution is -2.03. The van der Waals surface area contributed by atoms with E-state index in [-0.39, 0.29) is 0 Å². The minimum atomic E-state index is 0.340. The maximum atomic E-state index is 5.90. The van der Waals surface area contributed by atoms with Crippen molar-refractivity contribution >= 4 is 25.6 Å². The quantitative estimate of drug-likeness (QED) is 0.131. The molecule has 0 heterocycles. The van der Waals surface area contributed by atoms with Gasteiger partial charge in [0, 0.05) is 11.8 Å². The summed E-state index contributed by atoms with van der Waals surface area (Å²) in [5, 5.41) is 0. The van der Waals surface area contributed by atoms with Crippen molar-refractivity contribution in [3.05, 3.63) is 70.7 Å². The second-order valence-electron chi connectivity index (χ2n) is 6.40. The molecule has 0 aromatic carbocycles. The second kappa shape index (κ2) is 16.2. The van der Waals surface area contributed by atoms with Crippen LogP contribution < -0.4 is 5.73 Å². The monoisotopic (exact) mass is 433 g/mol. The SMILES string of the molecule is C=C/C(=C\C/C=C(\C)CO/C(C)=C(/C=C(\C)CC(/C=N\CS)=C(\N)N=C)OC)OC. The van der Waals surface area contributed by atoms with Crippen LogP contribution in [0, 0.1) is 0 Å². The summed E-state index contributed by atoms with van der Waals surface area (Å²) in [6.07, 6.45) is 10.6. The molecule has 2 N–H and O–H groups in total. The Bertz CT molecular complexity index is 760. The number of hydrogen-bond acceptors (Lipinski definition) is 7. The number of ether oxygens (including phenoxy) is 3. The van der Waals surface area contributed by atoms with E-state index in [2.05, 4.69) is 42.0 Å². The smallest absolute Gasteiger partial charge is 0.156 e. The lowest BCUT2D eigenvalue weighted by molar-refractivity contribution is 0.202. The molecule has 0 aliphatic heterocycles. The third-order valence-corrected chi connectivity index (χ3v) is 4.14. The van der Waals surface area contributed by atoms with Crippen molar-refractivity contribution in [2.45, 2.75) is 33.6 Å². The van der Waals surface area contributed by atoms with Gasteiger partial charge < -0.3 is 19.9 Å². The lowest BCUT2D eigenvalue weighted by atomic mass is 10.1. The summed E-state index contributed by atoms with van der Waals surface area (Å²) in [7, 11) is 3.23. The molecule has 30 heavy (non-hydrogen) atoms. The number of allylic oxidation sites excluding steroid dienone is 7. The van der Waals surface area contributed by atoms with Crippen LogP contribution in [-0.2, 0) is 14.2 Å². The number of hydrogen-bond donors (Lipinski definition) is 2. The van der Waals surface area contributed by atoms with Crippen molar-refractivity contribution in [1.29, 1.82) is 0 Å². The van der Waals surface area contributed by atoms with E-state index in [0.29, 0.717) is 36.2 Å². The van der Waals surface area contributed by atoms with Gasteiger partial charge in [0.2, 0.25) is 0 Å². The van der Waals surface area contributed by atoms with E-state index in [9.17, 15) is 0 Å². The number of methoxy groups -OCH3 is 2. The number of nitrogens with two attached hydrogens (primary N) is 1. The highest BCUT2D eigenvalue weighted by molar-refractivity contribution is 7.80. The van der Waals surface area contributed by atoms with Gasteiger partial charge in [-0.15, -0.1) is 0 Å². The van der Waals surface area contributed by atoms with Crippen molar-refractivity contribution in [2.24, 2.45) is 15.7 Å². The molecule has 0 aliphatic carbocycles. The minimum absolute atomic E-state index is 0.340. The van der Waals surface area contributed by atoms with Crippen LogP contribution in [0.25, 0.3) is 0 Å². The number of thiol groups is 1. The third-order valence-electron chi connectivity index (χ3n) is 3.98. The van der Waals surface area contributed by atoms with Gasteiger partial charge in [-0.3, -0.25) is 4.99 Å². The molecule has 0 radical (unpaired) electrons. The zero-order valence-electron chi connectivity index (χ0n) is 18.8. The summed E-state index contributed by atoms with van der Waals surface area (Å²) in [5.74, 6) is 2.79. The van der Waals surface area contributed by atoms with Crippen molar-refractivity contribution < 1.29 is 14.2 Å². The van der Waals surface area contributed by atoms with Crippen molar-refractivity contribution in [1.82, 2.24) is 0 Å². The first-order valence-electron chi connectivity index (χ1n) is 9.45. The van der Waals surface area contributed by atoms with Crippen LogP contribution in [0.4, 0.5) is 0 Å². The first kappa shape index (κ1) is 27.3. The van der Waals surface area contributed by atoms with Crippen molar-refractivity contribution in [3.63, 3.8) is 0 Å². The van der Waals surface area contributed by atoms with Gasteiger partial charge in [0.05, 0.1) is 20.1 Å².